The number of rotatable bonds is 4. The Morgan fingerprint density at radius 1 is 1.12 bits per heavy atom. The lowest BCUT2D eigenvalue weighted by Crippen LogP contribution is -2.22. The van der Waals surface area contributed by atoms with Crippen LogP contribution in [0, 0.1) is 5.82 Å². The second-order valence-corrected chi connectivity index (χ2v) is 7.06. The molecular weight excluding hydrogens is 355 g/mol. The molecule has 0 unspecified atom stereocenters. The zero-order valence-corrected chi connectivity index (χ0v) is 15.1. The Labute approximate surface area is 155 Å². The van der Waals surface area contributed by atoms with Crippen LogP contribution in [-0.2, 0) is 11.2 Å². The summed E-state index contributed by atoms with van der Waals surface area (Å²) in [6, 6.07) is 13.9. The fourth-order valence-electron chi connectivity index (χ4n) is 2.23. The van der Waals surface area contributed by atoms with Crippen molar-refractivity contribution in [2.24, 2.45) is 5.10 Å². The van der Waals surface area contributed by atoms with Gasteiger partial charge in [-0.3, -0.25) is 4.79 Å². The summed E-state index contributed by atoms with van der Waals surface area (Å²) in [5.74, 6) is -0.576. The Bertz CT molecular complexity index is 858. The number of thioether (sulfide) groups is 1. The third-order valence-electron chi connectivity index (χ3n) is 3.65. The van der Waals surface area contributed by atoms with Crippen LogP contribution < -0.4 is 0 Å². The van der Waals surface area contributed by atoms with Crippen LogP contribution >= 0.6 is 24.0 Å². The third kappa shape index (κ3) is 4.21. The third-order valence-corrected chi connectivity index (χ3v) is 4.93. The summed E-state index contributed by atoms with van der Waals surface area (Å²) in [6.45, 7) is 2.10. The van der Waals surface area contributed by atoms with Gasteiger partial charge in [0.2, 0.25) is 0 Å². The van der Waals surface area contributed by atoms with Crippen molar-refractivity contribution in [3.05, 3.63) is 75.9 Å². The lowest BCUT2D eigenvalue weighted by atomic mass is 10.1. The number of hydrazone groups is 1. The number of aryl methyl sites for hydroxylation is 1. The average Bonchev–Trinajstić information content (AvgIpc) is 2.89. The van der Waals surface area contributed by atoms with Crippen LogP contribution in [0.25, 0.3) is 6.08 Å². The maximum Gasteiger partial charge on any atom is 0.286 e. The standard InChI is InChI=1S/C19H15FN2OS2/c1-2-13-3-5-14(6-4-13)11-17-18(23)22(19(24)25-17)21-12-15-7-9-16(20)10-8-15/h3-12H,2H2,1H3/b17-11+,21-12+. The molecule has 1 fully saturated rings. The predicted octanol–water partition coefficient (Wildman–Crippen LogP) is 4.62. The summed E-state index contributed by atoms with van der Waals surface area (Å²) in [7, 11) is 0. The predicted molar refractivity (Wildman–Crippen MR) is 105 cm³/mol. The molecule has 0 radical (unpaired) electrons. The molecule has 126 valence electrons. The monoisotopic (exact) mass is 370 g/mol. The topological polar surface area (TPSA) is 32.7 Å². The van der Waals surface area contributed by atoms with E-state index in [4.69, 9.17) is 12.2 Å². The van der Waals surface area contributed by atoms with Crippen LogP contribution in [0.4, 0.5) is 4.39 Å². The Hall–Kier alpha value is -2.31. The maximum atomic E-state index is 12.9. The molecular formula is C19H15FN2OS2. The van der Waals surface area contributed by atoms with Gasteiger partial charge in [-0.1, -0.05) is 55.1 Å². The highest BCUT2D eigenvalue weighted by Crippen LogP contribution is 2.32. The van der Waals surface area contributed by atoms with Crippen molar-refractivity contribution in [1.29, 1.82) is 0 Å². The van der Waals surface area contributed by atoms with Crippen LogP contribution in [-0.4, -0.2) is 21.5 Å². The minimum absolute atomic E-state index is 0.257. The van der Waals surface area contributed by atoms with E-state index in [1.54, 1.807) is 12.1 Å². The minimum atomic E-state index is -0.320. The Balaban J connectivity index is 1.77. The first-order valence-corrected chi connectivity index (χ1v) is 8.96. The molecule has 1 amide bonds. The smallest absolute Gasteiger partial charge is 0.266 e. The van der Waals surface area contributed by atoms with Crippen molar-refractivity contribution in [2.45, 2.75) is 13.3 Å². The zero-order valence-electron chi connectivity index (χ0n) is 13.5. The summed E-state index contributed by atoms with van der Waals surface area (Å²) in [5.41, 5.74) is 2.88. The molecule has 1 aliphatic rings. The fraction of sp³-hybridized carbons (Fsp3) is 0.105. The molecule has 0 N–H and O–H groups in total. The van der Waals surface area contributed by atoms with Gasteiger partial charge in [0.1, 0.15) is 5.82 Å². The van der Waals surface area contributed by atoms with E-state index < -0.39 is 0 Å². The van der Waals surface area contributed by atoms with E-state index in [2.05, 4.69) is 12.0 Å². The first-order valence-electron chi connectivity index (χ1n) is 7.73. The Morgan fingerprint density at radius 3 is 2.40 bits per heavy atom. The molecule has 2 aromatic carbocycles. The molecule has 25 heavy (non-hydrogen) atoms. The zero-order chi connectivity index (χ0) is 17.8. The number of amides is 1. The van der Waals surface area contributed by atoms with E-state index in [1.807, 2.05) is 30.3 Å². The van der Waals surface area contributed by atoms with E-state index in [9.17, 15) is 9.18 Å². The van der Waals surface area contributed by atoms with Crippen molar-refractivity contribution in [1.82, 2.24) is 5.01 Å². The molecule has 0 saturated carbocycles. The molecule has 0 aliphatic carbocycles. The SMILES string of the molecule is CCc1ccc(/C=C2/SC(=S)N(/N=C/c3ccc(F)cc3)C2=O)cc1. The Kier molecular flexibility index (Phi) is 5.40. The van der Waals surface area contributed by atoms with Crippen LogP contribution in [0.3, 0.4) is 0 Å². The molecule has 3 nitrogen and oxygen atoms in total. The number of carbonyl (C=O) groups excluding carboxylic acids is 1. The van der Waals surface area contributed by atoms with Gasteiger partial charge in [0, 0.05) is 0 Å². The van der Waals surface area contributed by atoms with Gasteiger partial charge in [0.05, 0.1) is 11.1 Å². The molecule has 1 aliphatic heterocycles. The van der Waals surface area contributed by atoms with Gasteiger partial charge in [-0.05, 0) is 53.5 Å². The van der Waals surface area contributed by atoms with Crippen molar-refractivity contribution in [3.8, 4) is 0 Å². The van der Waals surface area contributed by atoms with Crippen molar-refractivity contribution in [2.75, 3.05) is 0 Å². The number of benzene rings is 2. The molecule has 1 saturated heterocycles. The number of nitrogens with zero attached hydrogens (tertiary/aromatic N) is 2. The minimum Gasteiger partial charge on any atom is -0.266 e. The summed E-state index contributed by atoms with van der Waals surface area (Å²) in [4.78, 5) is 13.0. The largest absolute Gasteiger partial charge is 0.286 e. The highest BCUT2D eigenvalue weighted by Gasteiger charge is 2.31. The van der Waals surface area contributed by atoms with Gasteiger partial charge in [-0.25, -0.2) is 4.39 Å². The van der Waals surface area contributed by atoms with E-state index >= 15 is 0 Å². The Morgan fingerprint density at radius 2 is 1.76 bits per heavy atom. The van der Waals surface area contributed by atoms with Crippen LogP contribution in [0.15, 0.2) is 58.5 Å². The highest BCUT2D eigenvalue weighted by molar-refractivity contribution is 8.26. The van der Waals surface area contributed by atoms with E-state index in [0.29, 0.717) is 14.8 Å². The van der Waals surface area contributed by atoms with Crippen molar-refractivity contribution in [3.63, 3.8) is 0 Å². The number of halogens is 1. The fourth-order valence-corrected chi connectivity index (χ4v) is 3.41. The summed E-state index contributed by atoms with van der Waals surface area (Å²) >= 11 is 6.46. The molecule has 1 heterocycles. The average molecular weight is 370 g/mol. The summed E-state index contributed by atoms with van der Waals surface area (Å²) in [5, 5.41) is 5.33. The lowest BCUT2D eigenvalue weighted by molar-refractivity contribution is -0.122. The first kappa shape index (κ1) is 17.5. The molecule has 3 rings (SSSR count). The van der Waals surface area contributed by atoms with Crippen molar-refractivity contribution < 1.29 is 9.18 Å². The number of hydrogen-bond acceptors (Lipinski definition) is 4. The van der Waals surface area contributed by atoms with Gasteiger partial charge >= 0.3 is 0 Å². The quantitative estimate of drug-likeness (QED) is 0.447. The van der Waals surface area contributed by atoms with Gasteiger partial charge in [-0.15, -0.1) is 0 Å². The van der Waals surface area contributed by atoms with E-state index in [1.165, 1.54) is 40.7 Å². The normalized spacial score (nSPS) is 16.4. The summed E-state index contributed by atoms with van der Waals surface area (Å²) < 4.78 is 13.3. The lowest BCUT2D eigenvalue weighted by Gasteiger charge is -2.06. The number of carbonyl (C=O) groups is 1. The van der Waals surface area contributed by atoms with E-state index in [0.717, 1.165) is 12.0 Å². The molecule has 2 aromatic rings. The van der Waals surface area contributed by atoms with Gasteiger partial charge in [0.15, 0.2) is 4.32 Å². The second-order valence-electron chi connectivity index (χ2n) is 5.38. The van der Waals surface area contributed by atoms with Crippen molar-refractivity contribution >= 4 is 46.5 Å². The highest BCUT2D eigenvalue weighted by atomic mass is 32.2. The van der Waals surface area contributed by atoms with E-state index in [-0.39, 0.29) is 11.7 Å². The van der Waals surface area contributed by atoms with Gasteiger partial charge < -0.3 is 0 Å². The number of thiocarbonyl (C=S) groups is 1. The van der Waals surface area contributed by atoms with Crippen LogP contribution in [0.1, 0.15) is 23.6 Å². The molecule has 0 spiro atoms. The number of hydrogen-bond donors (Lipinski definition) is 0. The molecule has 6 heteroatoms. The summed E-state index contributed by atoms with van der Waals surface area (Å²) in [6.07, 6.45) is 4.27. The maximum absolute atomic E-state index is 12.9. The molecule has 0 atom stereocenters. The van der Waals surface area contributed by atoms with Crippen LogP contribution in [0.2, 0.25) is 0 Å². The van der Waals surface area contributed by atoms with Gasteiger partial charge in [-0.2, -0.15) is 10.1 Å². The molecule has 0 aromatic heterocycles. The first-order chi connectivity index (χ1) is 12.1. The second kappa shape index (κ2) is 7.72. The van der Waals surface area contributed by atoms with Gasteiger partial charge in [0.25, 0.3) is 5.91 Å². The molecule has 0 bridgehead atoms. The van der Waals surface area contributed by atoms with Crippen LogP contribution in [0.5, 0.6) is 0 Å².